The van der Waals surface area contributed by atoms with Crippen LogP contribution in [0.15, 0.2) is 54.6 Å². The number of carbonyl (C=O) groups is 2. The number of urea groups is 1. The molecule has 0 aliphatic carbocycles. The molecule has 2 aromatic carbocycles. The van der Waals surface area contributed by atoms with E-state index in [1.165, 1.54) is 4.90 Å². The van der Waals surface area contributed by atoms with Gasteiger partial charge in [0.05, 0.1) is 18.8 Å². The Hall–Kier alpha value is -4.18. The van der Waals surface area contributed by atoms with Gasteiger partial charge in [0.2, 0.25) is 0 Å². The van der Waals surface area contributed by atoms with Crippen LogP contribution in [0, 0.1) is 0 Å². The van der Waals surface area contributed by atoms with Gasteiger partial charge in [0.15, 0.2) is 5.82 Å². The second-order valence-electron chi connectivity index (χ2n) is 9.80. The summed E-state index contributed by atoms with van der Waals surface area (Å²) in [7, 11) is 0. The Balaban J connectivity index is 1.56. The summed E-state index contributed by atoms with van der Waals surface area (Å²) in [4.78, 5) is 37.8. The standard InChI is InChI=1S/C29H34N6O4/c1-2-30-28(36)31-23-11-9-21(10-12-23)26-32-24-19-35(29(37)38)18-22(17-20-7-4-3-5-8-20)25(24)27(33-26)34-13-6-15-39-16-14-34/h3-5,7-12,22H,2,6,13-19H2,1H3,(H,37,38)(H2,30,31,36). The molecule has 204 valence electrons. The molecular formula is C29H34N6O4. The third kappa shape index (κ3) is 6.28. The Kier molecular flexibility index (Phi) is 8.21. The summed E-state index contributed by atoms with van der Waals surface area (Å²) in [6.45, 7) is 5.82. The minimum Gasteiger partial charge on any atom is -0.465 e. The molecule has 0 spiro atoms. The van der Waals surface area contributed by atoms with E-state index in [0.29, 0.717) is 50.8 Å². The van der Waals surface area contributed by atoms with Crippen LogP contribution < -0.4 is 15.5 Å². The maximum Gasteiger partial charge on any atom is 0.407 e. The average molecular weight is 531 g/mol. The van der Waals surface area contributed by atoms with Crippen molar-refractivity contribution in [2.24, 2.45) is 0 Å². The van der Waals surface area contributed by atoms with E-state index in [1.54, 1.807) is 0 Å². The number of carbonyl (C=O) groups excluding carboxylic acids is 1. The predicted octanol–water partition coefficient (Wildman–Crippen LogP) is 4.33. The summed E-state index contributed by atoms with van der Waals surface area (Å²) >= 11 is 0. The SMILES string of the molecule is CCNC(=O)Nc1ccc(-c2nc3c(c(N4CCCOCC4)n2)C(Cc2ccccc2)CN(C(=O)O)C3)cc1. The zero-order valence-corrected chi connectivity index (χ0v) is 22.1. The average Bonchev–Trinajstić information content (AvgIpc) is 3.23. The van der Waals surface area contributed by atoms with Crippen molar-refractivity contribution in [3.8, 4) is 11.4 Å². The van der Waals surface area contributed by atoms with Crippen molar-refractivity contribution in [1.29, 1.82) is 0 Å². The molecule has 3 aromatic rings. The summed E-state index contributed by atoms with van der Waals surface area (Å²) < 4.78 is 5.73. The van der Waals surface area contributed by atoms with Crippen LogP contribution in [-0.4, -0.2) is 71.5 Å². The van der Waals surface area contributed by atoms with Crippen LogP contribution in [0.1, 0.15) is 36.1 Å². The predicted molar refractivity (Wildman–Crippen MR) is 149 cm³/mol. The van der Waals surface area contributed by atoms with Crippen molar-refractivity contribution in [3.05, 3.63) is 71.4 Å². The number of ether oxygens (including phenoxy) is 1. The molecule has 0 saturated carbocycles. The fourth-order valence-corrected chi connectivity index (χ4v) is 5.22. The molecule has 1 aromatic heterocycles. The summed E-state index contributed by atoms with van der Waals surface area (Å²) in [6.07, 6.45) is 0.626. The van der Waals surface area contributed by atoms with Crippen molar-refractivity contribution in [1.82, 2.24) is 20.2 Å². The molecular weight excluding hydrogens is 496 g/mol. The van der Waals surface area contributed by atoms with E-state index >= 15 is 0 Å². The van der Waals surface area contributed by atoms with Crippen LogP contribution in [-0.2, 0) is 17.7 Å². The van der Waals surface area contributed by atoms with Gasteiger partial charge >= 0.3 is 12.1 Å². The van der Waals surface area contributed by atoms with Crippen LogP contribution in [0.2, 0.25) is 0 Å². The molecule has 3 heterocycles. The molecule has 1 fully saturated rings. The van der Waals surface area contributed by atoms with E-state index in [0.717, 1.165) is 41.2 Å². The number of fused-ring (bicyclic) bond motifs is 1. The quantitative estimate of drug-likeness (QED) is 0.434. The summed E-state index contributed by atoms with van der Waals surface area (Å²) in [5, 5.41) is 15.5. The number of benzene rings is 2. The van der Waals surface area contributed by atoms with Gasteiger partial charge in [-0.3, -0.25) is 0 Å². The second kappa shape index (κ2) is 12.1. The molecule has 2 aliphatic rings. The third-order valence-corrected chi connectivity index (χ3v) is 7.05. The Labute approximate surface area is 228 Å². The maximum absolute atomic E-state index is 12.1. The maximum atomic E-state index is 12.1. The monoisotopic (exact) mass is 530 g/mol. The number of anilines is 2. The fraction of sp³-hybridized carbons (Fsp3) is 0.379. The number of hydrogen-bond donors (Lipinski definition) is 3. The number of rotatable bonds is 6. The van der Waals surface area contributed by atoms with Crippen molar-refractivity contribution >= 4 is 23.6 Å². The Bertz CT molecular complexity index is 1290. The van der Waals surface area contributed by atoms with Crippen LogP contribution >= 0.6 is 0 Å². The van der Waals surface area contributed by atoms with E-state index in [1.807, 2.05) is 49.4 Å². The molecule has 2 aliphatic heterocycles. The zero-order chi connectivity index (χ0) is 27.2. The lowest BCUT2D eigenvalue weighted by Crippen LogP contribution is -2.40. The molecule has 0 bridgehead atoms. The van der Waals surface area contributed by atoms with E-state index < -0.39 is 6.09 Å². The normalized spacial score (nSPS) is 17.2. The molecule has 1 unspecified atom stereocenters. The molecule has 10 nitrogen and oxygen atoms in total. The van der Waals surface area contributed by atoms with Gasteiger partial charge in [-0.1, -0.05) is 30.3 Å². The highest BCUT2D eigenvalue weighted by atomic mass is 16.5. The number of carboxylic acid groups (broad SMARTS) is 1. The molecule has 1 saturated heterocycles. The lowest BCUT2D eigenvalue weighted by molar-refractivity contribution is 0.133. The van der Waals surface area contributed by atoms with Crippen LogP contribution in [0.3, 0.4) is 0 Å². The third-order valence-electron chi connectivity index (χ3n) is 7.05. The highest BCUT2D eigenvalue weighted by Crippen LogP contribution is 2.38. The molecule has 10 heteroatoms. The molecule has 0 radical (unpaired) electrons. The van der Waals surface area contributed by atoms with E-state index in [4.69, 9.17) is 14.7 Å². The first-order chi connectivity index (χ1) is 19.0. The highest BCUT2D eigenvalue weighted by molar-refractivity contribution is 5.89. The van der Waals surface area contributed by atoms with Gasteiger partial charge in [-0.25, -0.2) is 19.6 Å². The minimum atomic E-state index is -0.954. The zero-order valence-electron chi connectivity index (χ0n) is 22.1. The molecule has 39 heavy (non-hydrogen) atoms. The summed E-state index contributed by atoms with van der Waals surface area (Å²) in [5.41, 5.74) is 4.35. The van der Waals surface area contributed by atoms with E-state index in [-0.39, 0.29) is 18.5 Å². The number of nitrogens with zero attached hydrogens (tertiary/aromatic N) is 4. The minimum absolute atomic E-state index is 0.0795. The Morgan fingerprint density at radius 1 is 1.05 bits per heavy atom. The van der Waals surface area contributed by atoms with Crippen LogP contribution in [0.5, 0.6) is 0 Å². The van der Waals surface area contributed by atoms with Crippen molar-refractivity contribution < 1.29 is 19.4 Å². The number of aromatic nitrogens is 2. The van der Waals surface area contributed by atoms with Gasteiger partial charge in [-0.15, -0.1) is 0 Å². The van der Waals surface area contributed by atoms with Gasteiger partial charge in [0.25, 0.3) is 0 Å². The number of nitrogens with one attached hydrogen (secondary N) is 2. The lowest BCUT2D eigenvalue weighted by Gasteiger charge is -2.36. The lowest BCUT2D eigenvalue weighted by atomic mass is 9.87. The van der Waals surface area contributed by atoms with Gasteiger partial charge in [0.1, 0.15) is 5.82 Å². The van der Waals surface area contributed by atoms with E-state index in [2.05, 4.69) is 27.7 Å². The smallest absolute Gasteiger partial charge is 0.407 e. The number of hydrogen-bond acceptors (Lipinski definition) is 6. The molecule has 1 atom stereocenters. The molecule has 5 rings (SSSR count). The van der Waals surface area contributed by atoms with Crippen molar-refractivity contribution in [2.75, 3.05) is 49.6 Å². The van der Waals surface area contributed by atoms with Crippen molar-refractivity contribution in [2.45, 2.75) is 32.2 Å². The van der Waals surface area contributed by atoms with Crippen molar-refractivity contribution in [3.63, 3.8) is 0 Å². The highest BCUT2D eigenvalue weighted by Gasteiger charge is 2.34. The van der Waals surface area contributed by atoms with Gasteiger partial charge in [-0.05, 0) is 49.6 Å². The van der Waals surface area contributed by atoms with Crippen LogP contribution in [0.4, 0.5) is 21.1 Å². The largest absolute Gasteiger partial charge is 0.465 e. The van der Waals surface area contributed by atoms with Gasteiger partial charge in [0, 0.05) is 55.5 Å². The summed E-state index contributed by atoms with van der Waals surface area (Å²) in [5.74, 6) is 1.31. The first-order valence-electron chi connectivity index (χ1n) is 13.4. The summed E-state index contributed by atoms with van der Waals surface area (Å²) in [6, 6.07) is 17.3. The van der Waals surface area contributed by atoms with Gasteiger partial charge < -0.3 is 30.3 Å². The molecule has 3 N–H and O–H groups in total. The first-order valence-corrected chi connectivity index (χ1v) is 13.4. The first kappa shape index (κ1) is 26.4. The second-order valence-corrected chi connectivity index (χ2v) is 9.80. The fourth-order valence-electron chi connectivity index (χ4n) is 5.22. The van der Waals surface area contributed by atoms with Gasteiger partial charge in [-0.2, -0.15) is 0 Å². The van der Waals surface area contributed by atoms with Crippen LogP contribution in [0.25, 0.3) is 11.4 Å². The number of amides is 3. The Morgan fingerprint density at radius 3 is 2.59 bits per heavy atom. The Morgan fingerprint density at radius 2 is 1.85 bits per heavy atom. The topological polar surface area (TPSA) is 120 Å². The van der Waals surface area contributed by atoms with E-state index in [9.17, 15) is 14.7 Å². The molecule has 3 amide bonds.